The van der Waals surface area contributed by atoms with Gasteiger partial charge in [0.05, 0.1) is 33.7 Å². The van der Waals surface area contributed by atoms with Crippen LogP contribution in [0.4, 0.5) is 0 Å². The summed E-state index contributed by atoms with van der Waals surface area (Å²) in [6.45, 7) is 4.78. The number of rotatable bonds is 4. The van der Waals surface area contributed by atoms with Crippen molar-refractivity contribution in [2.45, 2.75) is 19.9 Å². The molecule has 0 aliphatic rings. The van der Waals surface area contributed by atoms with Gasteiger partial charge in [-0.1, -0.05) is 36.2 Å². The van der Waals surface area contributed by atoms with E-state index in [0.717, 1.165) is 23.5 Å². The van der Waals surface area contributed by atoms with E-state index in [1.165, 1.54) is 0 Å². The highest BCUT2D eigenvalue weighted by molar-refractivity contribution is 6.42. The van der Waals surface area contributed by atoms with Gasteiger partial charge in [0.25, 0.3) is 0 Å². The van der Waals surface area contributed by atoms with Gasteiger partial charge in [0.1, 0.15) is 0 Å². The number of aryl methyl sites for hydroxylation is 1. The monoisotopic (exact) mass is 295 g/mol. The van der Waals surface area contributed by atoms with E-state index in [1.54, 1.807) is 18.5 Å². The number of benzene rings is 1. The highest BCUT2D eigenvalue weighted by atomic mass is 35.5. The van der Waals surface area contributed by atoms with Crippen LogP contribution < -0.4 is 5.32 Å². The summed E-state index contributed by atoms with van der Waals surface area (Å²) < 4.78 is 0. The Bertz CT molecular complexity index is 555. The van der Waals surface area contributed by atoms with E-state index in [9.17, 15) is 0 Å². The number of hydrogen-bond donors (Lipinski definition) is 1. The van der Waals surface area contributed by atoms with Crippen LogP contribution in [0.25, 0.3) is 0 Å². The Morgan fingerprint density at radius 3 is 2.53 bits per heavy atom. The fraction of sp³-hybridized carbons (Fsp3) is 0.286. The van der Waals surface area contributed by atoms with Crippen molar-refractivity contribution in [3.8, 4) is 0 Å². The molecule has 0 fully saturated rings. The zero-order valence-electron chi connectivity index (χ0n) is 10.8. The number of nitrogens with zero attached hydrogens (tertiary/aromatic N) is 2. The number of halogens is 2. The quantitative estimate of drug-likeness (QED) is 0.932. The first-order valence-electron chi connectivity index (χ1n) is 6.08. The van der Waals surface area contributed by atoms with Gasteiger partial charge < -0.3 is 5.32 Å². The van der Waals surface area contributed by atoms with Gasteiger partial charge in [-0.15, -0.1) is 0 Å². The van der Waals surface area contributed by atoms with E-state index in [1.807, 2.05) is 26.0 Å². The lowest BCUT2D eigenvalue weighted by atomic mass is 10.0. The van der Waals surface area contributed by atoms with Crippen LogP contribution in [-0.4, -0.2) is 16.5 Å². The Morgan fingerprint density at radius 2 is 1.95 bits per heavy atom. The number of hydrogen-bond acceptors (Lipinski definition) is 3. The summed E-state index contributed by atoms with van der Waals surface area (Å²) in [6, 6.07) is 5.57. The number of nitrogens with one attached hydrogen (secondary N) is 1. The Hall–Kier alpha value is -1.16. The highest BCUT2D eigenvalue weighted by Crippen LogP contribution is 2.28. The fourth-order valence-corrected chi connectivity index (χ4v) is 2.15. The first kappa shape index (κ1) is 14.3. The molecule has 0 saturated heterocycles. The average Bonchev–Trinajstić information content (AvgIpc) is 2.41. The van der Waals surface area contributed by atoms with Crippen LogP contribution in [0.3, 0.4) is 0 Å². The van der Waals surface area contributed by atoms with Crippen molar-refractivity contribution < 1.29 is 0 Å². The molecule has 100 valence electrons. The third-order valence-electron chi connectivity index (χ3n) is 2.78. The summed E-state index contributed by atoms with van der Waals surface area (Å²) >= 11 is 12.0. The van der Waals surface area contributed by atoms with Crippen LogP contribution in [0.1, 0.15) is 29.9 Å². The first-order chi connectivity index (χ1) is 9.11. The second-order valence-corrected chi connectivity index (χ2v) is 5.06. The third-order valence-corrected chi connectivity index (χ3v) is 3.52. The van der Waals surface area contributed by atoms with Crippen molar-refractivity contribution in [3.63, 3.8) is 0 Å². The maximum Gasteiger partial charge on any atom is 0.0801 e. The van der Waals surface area contributed by atoms with Crippen molar-refractivity contribution >= 4 is 23.2 Å². The molecule has 0 radical (unpaired) electrons. The van der Waals surface area contributed by atoms with Crippen LogP contribution in [0.5, 0.6) is 0 Å². The molecule has 2 rings (SSSR count). The van der Waals surface area contributed by atoms with Crippen molar-refractivity contribution in [3.05, 3.63) is 57.6 Å². The molecular formula is C14H15Cl2N3. The Labute approximate surface area is 123 Å². The van der Waals surface area contributed by atoms with Crippen molar-refractivity contribution in [1.29, 1.82) is 0 Å². The molecule has 1 unspecified atom stereocenters. The highest BCUT2D eigenvalue weighted by Gasteiger charge is 2.15. The van der Waals surface area contributed by atoms with Crippen LogP contribution in [-0.2, 0) is 0 Å². The molecule has 0 bridgehead atoms. The predicted molar refractivity (Wildman–Crippen MR) is 78.8 cm³/mol. The molecule has 0 spiro atoms. The second kappa shape index (κ2) is 6.33. The molecule has 0 aliphatic heterocycles. The summed E-state index contributed by atoms with van der Waals surface area (Å²) in [5.74, 6) is 0. The molecule has 1 aromatic heterocycles. The second-order valence-electron chi connectivity index (χ2n) is 4.25. The lowest BCUT2D eigenvalue weighted by molar-refractivity contribution is 0.612. The average molecular weight is 296 g/mol. The molecule has 0 saturated carbocycles. The molecule has 5 heteroatoms. The van der Waals surface area contributed by atoms with E-state index in [0.29, 0.717) is 10.0 Å². The standard InChI is InChI=1S/C14H15Cl2N3/c1-3-17-14(13-8-18-9(2)7-19-13)10-4-5-11(15)12(16)6-10/h4-8,14,17H,3H2,1-2H3. The molecule has 1 atom stereocenters. The van der Waals surface area contributed by atoms with E-state index >= 15 is 0 Å². The van der Waals surface area contributed by atoms with Crippen LogP contribution in [0, 0.1) is 6.92 Å². The third kappa shape index (κ3) is 3.44. The van der Waals surface area contributed by atoms with Gasteiger partial charge in [-0.05, 0) is 31.2 Å². The molecular weight excluding hydrogens is 281 g/mol. The minimum absolute atomic E-state index is 0.0344. The summed E-state index contributed by atoms with van der Waals surface area (Å²) in [5, 5.41) is 4.47. The van der Waals surface area contributed by atoms with E-state index < -0.39 is 0 Å². The van der Waals surface area contributed by atoms with Crippen molar-refractivity contribution in [2.75, 3.05) is 6.54 Å². The molecule has 3 nitrogen and oxygen atoms in total. The summed E-state index contributed by atoms with van der Waals surface area (Å²) in [6.07, 6.45) is 3.54. The minimum atomic E-state index is -0.0344. The molecule has 2 aromatic rings. The van der Waals surface area contributed by atoms with Crippen LogP contribution >= 0.6 is 23.2 Å². The largest absolute Gasteiger partial charge is 0.305 e. The lowest BCUT2D eigenvalue weighted by Gasteiger charge is -2.18. The van der Waals surface area contributed by atoms with E-state index in [4.69, 9.17) is 23.2 Å². The summed E-state index contributed by atoms with van der Waals surface area (Å²) in [4.78, 5) is 8.71. The van der Waals surface area contributed by atoms with Gasteiger partial charge in [0.15, 0.2) is 0 Å². The predicted octanol–water partition coefficient (Wildman–Crippen LogP) is 3.79. The van der Waals surface area contributed by atoms with Crippen molar-refractivity contribution in [1.82, 2.24) is 15.3 Å². The summed E-state index contributed by atoms with van der Waals surface area (Å²) in [5.41, 5.74) is 2.79. The Balaban J connectivity index is 2.38. The van der Waals surface area contributed by atoms with Crippen LogP contribution in [0.15, 0.2) is 30.6 Å². The molecule has 1 aromatic carbocycles. The van der Waals surface area contributed by atoms with E-state index in [2.05, 4.69) is 15.3 Å². The van der Waals surface area contributed by atoms with E-state index in [-0.39, 0.29) is 6.04 Å². The zero-order chi connectivity index (χ0) is 13.8. The van der Waals surface area contributed by atoms with Gasteiger partial charge in [0.2, 0.25) is 0 Å². The molecule has 0 amide bonds. The van der Waals surface area contributed by atoms with Gasteiger partial charge in [0, 0.05) is 6.20 Å². The smallest absolute Gasteiger partial charge is 0.0801 e. The first-order valence-corrected chi connectivity index (χ1v) is 6.84. The minimum Gasteiger partial charge on any atom is -0.305 e. The molecule has 19 heavy (non-hydrogen) atoms. The van der Waals surface area contributed by atoms with Gasteiger partial charge >= 0.3 is 0 Å². The fourth-order valence-electron chi connectivity index (χ4n) is 1.84. The number of aromatic nitrogens is 2. The molecule has 1 N–H and O–H groups in total. The Kier molecular flexibility index (Phi) is 4.75. The van der Waals surface area contributed by atoms with Gasteiger partial charge in [-0.25, -0.2) is 0 Å². The molecule has 0 aliphatic carbocycles. The topological polar surface area (TPSA) is 37.8 Å². The normalized spacial score (nSPS) is 12.4. The van der Waals surface area contributed by atoms with Crippen LogP contribution in [0.2, 0.25) is 10.0 Å². The maximum atomic E-state index is 6.07. The van der Waals surface area contributed by atoms with Crippen molar-refractivity contribution in [2.24, 2.45) is 0 Å². The lowest BCUT2D eigenvalue weighted by Crippen LogP contribution is -2.23. The SMILES string of the molecule is CCNC(c1ccc(Cl)c(Cl)c1)c1cnc(C)cn1. The van der Waals surface area contributed by atoms with Gasteiger partial charge in [-0.2, -0.15) is 0 Å². The molecule has 1 heterocycles. The Morgan fingerprint density at radius 1 is 1.16 bits per heavy atom. The summed E-state index contributed by atoms with van der Waals surface area (Å²) in [7, 11) is 0. The van der Waals surface area contributed by atoms with Gasteiger partial charge in [-0.3, -0.25) is 9.97 Å². The zero-order valence-corrected chi connectivity index (χ0v) is 12.3. The maximum absolute atomic E-state index is 6.07.